The van der Waals surface area contributed by atoms with E-state index in [4.69, 9.17) is 22.3 Å². The lowest BCUT2D eigenvalue weighted by Gasteiger charge is -2.32. The van der Waals surface area contributed by atoms with Gasteiger partial charge in [-0.3, -0.25) is 4.79 Å². The van der Waals surface area contributed by atoms with Gasteiger partial charge in [-0.05, 0) is 31.9 Å². The minimum Gasteiger partial charge on any atom is -0.369 e. The standard InChI is InChI=1S/C22H32ClN7O/c1-4-25-22(29(3)15-19-12-18(23)14-28(19)2)27-13-17-6-5-9-26-21(17)30-10-7-16(8-11-30)20(24)31/h5-6,9,12,14,16H,4,7-8,10-11,13,15H2,1-3H3,(H2,24,31)(H,25,27). The number of amides is 1. The van der Waals surface area contributed by atoms with Crippen LogP contribution in [-0.2, 0) is 24.9 Å². The Bertz CT molecular complexity index is 918. The van der Waals surface area contributed by atoms with Gasteiger partial charge in [0.1, 0.15) is 5.82 Å². The van der Waals surface area contributed by atoms with Crippen molar-refractivity contribution in [3.63, 3.8) is 0 Å². The van der Waals surface area contributed by atoms with E-state index in [1.54, 1.807) is 6.20 Å². The maximum Gasteiger partial charge on any atom is 0.220 e. The Labute approximate surface area is 189 Å². The molecule has 31 heavy (non-hydrogen) atoms. The number of piperidine rings is 1. The number of nitrogens with zero attached hydrogens (tertiary/aromatic N) is 5. The van der Waals surface area contributed by atoms with Crippen LogP contribution < -0.4 is 16.0 Å². The number of aliphatic imine (C=N–C) groups is 1. The summed E-state index contributed by atoms with van der Waals surface area (Å²) < 4.78 is 2.03. The van der Waals surface area contributed by atoms with E-state index in [1.165, 1.54) is 0 Å². The van der Waals surface area contributed by atoms with Crippen LogP contribution in [0.15, 0.2) is 35.6 Å². The molecule has 0 aliphatic carbocycles. The third-order valence-corrected chi connectivity index (χ3v) is 5.84. The van der Waals surface area contributed by atoms with Crippen LogP contribution in [0.1, 0.15) is 31.0 Å². The zero-order valence-electron chi connectivity index (χ0n) is 18.5. The zero-order chi connectivity index (χ0) is 22.4. The van der Waals surface area contributed by atoms with Crippen molar-refractivity contribution in [2.75, 3.05) is 31.6 Å². The first-order valence-corrected chi connectivity index (χ1v) is 11.0. The average molecular weight is 446 g/mol. The summed E-state index contributed by atoms with van der Waals surface area (Å²) in [6.45, 7) is 5.58. The molecule has 0 aromatic carbocycles. The molecule has 0 spiro atoms. The van der Waals surface area contributed by atoms with Gasteiger partial charge in [-0.15, -0.1) is 0 Å². The van der Waals surface area contributed by atoms with E-state index in [1.807, 2.05) is 37.0 Å². The number of primary amides is 1. The van der Waals surface area contributed by atoms with Gasteiger partial charge in [0.15, 0.2) is 5.96 Å². The highest BCUT2D eigenvalue weighted by Gasteiger charge is 2.25. The molecule has 0 bridgehead atoms. The lowest BCUT2D eigenvalue weighted by atomic mass is 9.96. The Hall–Kier alpha value is -2.74. The first-order valence-electron chi connectivity index (χ1n) is 10.7. The highest BCUT2D eigenvalue weighted by molar-refractivity contribution is 6.30. The van der Waals surface area contributed by atoms with Crippen LogP contribution in [-0.4, -0.2) is 53.0 Å². The molecule has 1 saturated heterocycles. The number of hydrogen-bond acceptors (Lipinski definition) is 4. The molecule has 3 heterocycles. The van der Waals surface area contributed by atoms with Gasteiger partial charge in [0.25, 0.3) is 0 Å². The lowest BCUT2D eigenvalue weighted by molar-refractivity contribution is -0.122. The quantitative estimate of drug-likeness (QED) is 0.504. The number of anilines is 1. The topological polar surface area (TPSA) is 91.8 Å². The molecule has 0 radical (unpaired) electrons. The summed E-state index contributed by atoms with van der Waals surface area (Å²) in [4.78, 5) is 25.3. The molecule has 0 saturated carbocycles. The van der Waals surface area contributed by atoms with Crippen molar-refractivity contribution in [3.8, 4) is 0 Å². The number of pyridine rings is 1. The normalized spacial score (nSPS) is 15.2. The van der Waals surface area contributed by atoms with Crippen molar-refractivity contribution >= 4 is 29.3 Å². The first kappa shape index (κ1) is 22.9. The number of rotatable bonds is 7. The molecule has 3 N–H and O–H groups in total. The second-order valence-electron chi connectivity index (χ2n) is 7.94. The number of halogens is 1. The van der Waals surface area contributed by atoms with Gasteiger partial charge < -0.3 is 25.4 Å². The number of nitrogens with two attached hydrogens (primary N) is 1. The van der Waals surface area contributed by atoms with Crippen LogP contribution in [0.3, 0.4) is 0 Å². The number of hydrogen-bond donors (Lipinski definition) is 2. The fraction of sp³-hybridized carbons (Fsp3) is 0.500. The Kier molecular flexibility index (Phi) is 7.79. The smallest absolute Gasteiger partial charge is 0.220 e. The Morgan fingerprint density at radius 1 is 1.42 bits per heavy atom. The first-order chi connectivity index (χ1) is 14.9. The summed E-state index contributed by atoms with van der Waals surface area (Å²) >= 11 is 6.13. The van der Waals surface area contributed by atoms with Crippen LogP contribution in [0, 0.1) is 5.92 Å². The van der Waals surface area contributed by atoms with E-state index >= 15 is 0 Å². The van der Waals surface area contributed by atoms with Crippen molar-refractivity contribution in [2.45, 2.75) is 32.9 Å². The Morgan fingerprint density at radius 3 is 2.77 bits per heavy atom. The SMILES string of the molecule is CCNC(=NCc1cccnc1N1CCC(C(N)=O)CC1)N(C)Cc1cc(Cl)cn1C. The van der Waals surface area contributed by atoms with Crippen molar-refractivity contribution in [2.24, 2.45) is 23.7 Å². The van der Waals surface area contributed by atoms with Gasteiger partial charge in [-0.2, -0.15) is 0 Å². The summed E-state index contributed by atoms with van der Waals surface area (Å²) in [7, 11) is 4.00. The molecule has 1 fully saturated rings. The van der Waals surface area contributed by atoms with Crippen molar-refractivity contribution in [1.29, 1.82) is 0 Å². The fourth-order valence-electron chi connectivity index (χ4n) is 3.89. The van der Waals surface area contributed by atoms with E-state index in [0.29, 0.717) is 13.1 Å². The van der Waals surface area contributed by atoms with Crippen molar-refractivity contribution in [1.82, 2.24) is 19.8 Å². The number of guanidine groups is 1. The van der Waals surface area contributed by atoms with Gasteiger partial charge in [-0.25, -0.2) is 9.98 Å². The van der Waals surface area contributed by atoms with Crippen molar-refractivity contribution in [3.05, 3.63) is 46.9 Å². The van der Waals surface area contributed by atoms with Crippen LogP contribution >= 0.6 is 11.6 Å². The molecule has 0 unspecified atom stereocenters. The van der Waals surface area contributed by atoms with Crippen LogP contribution in [0.4, 0.5) is 5.82 Å². The van der Waals surface area contributed by atoms with Gasteiger partial charge in [0, 0.05) is 63.3 Å². The summed E-state index contributed by atoms with van der Waals surface area (Å²) in [5, 5.41) is 4.09. The maximum atomic E-state index is 11.5. The Balaban J connectivity index is 1.72. The van der Waals surface area contributed by atoms with Crippen molar-refractivity contribution < 1.29 is 4.79 Å². The molecule has 8 nitrogen and oxygen atoms in total. The third kappa shape index (κ3) is 5.91. The lowest BCUT2D eigenvalue weighted by Crippen LogP contribution is -2.39. The molecule has 9 heteroatoms. The minimum absolute atomic E-state index is 0.0403. The van der Waals surface area contributed by atoms with Crippen LogP contribution in [0.25, 0.3) is 0 Å². The van der Waals surface area contributed by atoms with Gasteiger partial charge >= 0.3 is 0 Å². The van der Waals surface area contributed by atoms with E-state index in [-0.39, 0.29) is 11.8 Å². The maximum absolute atomic E-state index is 11.5. The average Bonchev–Trinajstić information content (AvgIpc) is 3.07. The molecule has 2 aromatic rings. The second kappa shape index (κ2) is 10.5. The highest BCUT2D eigenvalue weighted by atomic mass is 35.5. The highest BCUT2D eigenvalue weighted by Crippen LogP contribution is 2.25. The van der Waals surface area contributed by atoms with Gasteiger partial charge in [0.05, 0.1) is 18.1 Å². The molecule has 1 amide bonds. The molecule has 0 atom stereocenters. The van der Waals surface area contributed by atoms with Gasteiger partial charge in [0.2, 0.25) is 5.91 Å². The number of nitrogens with one attached hydrogen (secondary N) is 1. The summed E-state index contributed by atoms with van der Waals surface area (Å²) in [6, 6.07) is 5.97. The second-order valence-corrected chi connectivity index (χ2v) is 8.37. The largest absolute Gasteiger partial charge is 0.369 e. The molecule has 168 valence electrons. The monoisotopic (exact) mass is 445 g/mol. The summed E-state index contributed by atoms with van der Waals surface area (Å²) in [6.07, 6.45) is 5.23. The predicted molar refractivity (Wildman–Crippen MR) is 125 cm³/mol. The van der Waals surface area contributed by atoms with E-state index in [9.17, 15) is 4.79 Å². The van der Waals surface area contributed by atoms with Gasteiger partial charge in [-0.1, -0.05) is 17.7 Å². The van der Waals surface area contributed by atoms with Crippen LogP contribution in [0.2, 0.25) is 5.02 Å². The predicted octanol–water partition coefficient (Wildman–Crippen LogP) is 2.37. The molecular weight excluding hydrogens is 414 g/mol. The third-order valence-electron chi connectivity index (χ3n) is 5.63. The fourth-order valence-corrected chi connectivity index (χ4v) is 4.16. The minimum atomic E-state index is -0.205. The molecule has 3 rings (SSSR count). The zero-order valence-corrected chi connectivity index (χ0v) is 19.3. The molecule has 1 aliphatic rings. The number of carbonyl (C=O) groups is 1. The molecular formula is C22H32ClN7O. The van der Waals surface area contributed by atoms with Crippen LogP contribution in [0.5, 0.6) is 0 Å². The molecule has 2 aromatic heterocycles. The van der Waals surface area contributed by atoms with E-state index in [2.05, 4.69) is 33.1 Å². The number of aryl methyl sites for hydroxylation is 1. The Morgan fingerprint density at radius 2 is 2.16 bits per heavy atom. The number of carbonyl (C=O) groups excluding carboxylic acids is 1. The number of aromatic nitrogens is 2. The van der Waals surface area contributed by atoms with E-state index < -0.39 is 0 Å². The molecule has 1 aliphatic heterocycles. The summed E-state index contributed by atoms with van der Waals surface area (Å²) in [5.74, 6) is 1.51. The summed E-state index contributed by atoms with van der Waals surface area (Å²) in [5.41, 5.74) is 7.64. The van der Waals surface area contributed by atoms with E-state index in [0.717, 1.165) is 60.5 Å².